The van der Waals surface area contributed by atoms with Gasteiger partial charge in [-0.3, -0.25) is 0 Å². The second-order valence-electron chi connectivity index (χ2n) is 4.93. The van der Waals surface area contributed by atoms with Crippen LogP contribution < -0.4 is 5.32 Å². The maximum atomic E-state index is 13.2. The zero-order valence-corrected chi connectivity index (χ0v) is 10.3. The molecule has 3 nitrogen and oxygen atoms in total. The summed E-state index contributed by atoms with van der Waals surface area (Å²) in [7, 11) is 0. The molecule has 0 saturated carbocycles. The van der Waals surface area contributed by atoms with Crippen LogP contribution in [-0.4, -0.2) is 23.9 Å². The van der Waals surface area contributed by atoms with Gasteiger partial charge in [0.15, 0.2) is 17.4 Å². The number of hydrogen-bond acceptors (Lipinski definition) is 3. The second-order valence-corrected chi connectivity index (χ2v) is 4.93. The Bertz CT molecular complexity index is 408. The topological polar surface area (TPSA) is 41.5 Å². The van der Waals surface area contributed by atoms with E-state index in [1.165, 1.54) is 0 Å². The van der Waals surface area contributed by atoms with Crippen LogP contribution >= 0.6 is 0 Å². The SMILES string of the molecule is CC1(NCc2cc(F)c(O)c(F)c2)CCOCC1. The van der Waals surface area contributed by atoms with Crippen molar-refractivity contribution >= 4 is 0 Å². The lowest BCUT2D eigenvalue weighted by molar-refractivity contribution is 0.0446. The van der Waals surface area contributed by atoms with E-state index in [-0.39, 0.29) is 5.54 Å². The van der Waals surface area contributed by atoms with E-state index in [1.54, 1.807) is 0 Å². The van der Waals surface area contributed by atoms with Crippen molar-refractivity contribution in [3.63, 3.8) is 0 Å². The Hall–Kier alpha value is -1.20. The Morgan fingerprint density at radius 3 is 2.39 bits per heavy atom. The van der Waals surface area contributed by atoms with Gasteiger partial charge in [0, 0.05) is 25.3 Å². The van der Waals surface area contributed by atoms with Crippen LogP contribution in [0.1, 0.15) is 25.3 Å². The Kier molecular flexibility index (Phi) is 3.82. The van der Waals surface area contributed by atoms with Gasteiger partial charge in [-0.15, -0.1) is 0 Å². The predicted molar refractivity (Wildman–Crippen MR) is 63.3 cm³/mol. The Morgan fingerprint density at radius 2 is 1.83 bits per heavy atom. The van der Waals surface area contributed by atoms with Crippen LogP contribution in [0.15, 0.2) is 12.1 Å². The summed E-state index contributed by atoms with van der Waals surface area (Å²) in [6.45, 7) is 3.83. The van der Waals surface area contributed by atoms with Gasteiger partial charge in [-0.05, 0) is 37.5 Å². The summed E-state index contributed by atoms with van der Waals surface area (Å²) in [4.78, 5) is 0. The number of nitrogens with one attached hydrogen (secondary N) is 1. The highest BCUT2D eigenvalue weighted by Crippen LogP contribution is 2.23. The molecule has 1 aromatic carbocycles. The third-order valence-corrected chi connectivity index (χ3v) is 3.39. The molecule has 1 heterocycles. The number of halogens is 2. The monoisotopic (exact) mass is 257 g/mol. The largest absolute Gasteiger partial charge is 0.503 e. The number of aromatic hydroxyl groups is 1. The van der Waals surface area contributed by atoms with Gasteiger partial charge >= 0.3 is 0 Å². The van der Waals surface area contributed by atoms with E-state index in [0.29, 0.717) is 25.3 Å². The third-order valence-electron chi connectivity index (χ3n) is 3.39. The van der Waals surface area contributed by atoms with Gasteiger partial charge in [0.1, 0.15) is 0 Å². The molecule has 18 heavy (non-hydrogen) atoms. The Morgan fingerprint density at radius 1 is 1.28 bits per heavy atom. The van der Waals surface area contributed by atoms with Crippen LogP contribution in [0, 0.1) is 11.6 Å². The summed E-state index contributed by atoms with van der Waals surface area (Å²) in [6, 6.07) is 2.29. The summed E-state index contributed by atoms with van der Waals surface area (Å²) < 4.78 is 31.6. The van der Waals surface area contributed by atoms with Crippen LogP contribution in [0.25, 0.3) is 0 Å². The van der Waals surface area contributed by atoms with Gasteiger partial charge < -0.3 is 15.2 Å². The van der Waals surface area contributed by atoms with Gasteiger partial charge in [-0.1, -0.05) is 0 Å². The zero-order chi connectivity index (χ0) is 13.2. The molecule has 2 N–H and O–H groups in total. The number of benzene rings is 1. The van der Waals surface area contributed by atoms with Gasteiger partial charge in [0.2, 0.25) is 0 Å². The maximum Gasteiger partial charge on any atom is 0.187 e. The fourth-order valence-corrected chi connectivity index (χ4v) is 2.03. The van der Waals surface area contributed by atoms with Gasteiger partial charge in [0.05, 0.1) is 0 Å². The molecule has 0 aliphatic carbocycles. The molecule has 0 unspecified atom stereocenters. The van der Waals surface area contributed by atoms with Crippen LogP contribution in [-0.2, 0) is 11.3 Å². The number of rotatable bonds is 3. The number of hydrogen-bond donors (Lipinski definition) is 2. The number of ether oxygens (including phenoxy) is 1. The van der Waals surface area contributed by atoms with E-state index in [9.17, 15) is 8.78 Å². The van der Waals surface area contributed by atoms with Gasteiger partial charge in [-0.2, -0.15) is 0 Å². The molecule has 0 spiro atoms. The minimum absolute atomic E-state index is 0.0664. The molecular weight excluding hydrogens is 240 g/mol. The molecule has 0 bridgehead atoms. The minimum atomic E-state index is -0.927. The molecule has 1 aliphatic rings. The molecule has 1 aliphatic heterocycles. The quantitative estimate of drug-likeness (QED) is 0.873. The Labute approximate surface area is 105 Å². The molecule has 5 heteroatoms. The van der Waals surface area contributed by atoms with Crippen molar-refractivity contribution in [3.05, 3.63) is 29.3 Å². The molecule has 1 fully saturated rings. The van der Waals surface area contributed by atoms with Crippen molar-refractivity contribution in [1.82, 2.24) is 5.32 Å². The molecule has 0 atom stereocenters. The van der Waals surface area contributed by atoms with Crippen LogP contribution in [0.4, 0.5) is 8.78 Å². The number of phenolic OH excluding ortho intramolecular Hbond substituents is 1. The summed E-state index contributed by atoms with van der Waals surface area (Å²) in [6.07, 6.45) is 1.74. The molecule has 0 amide bonds. The van der Waals surface area contributed by atoms with Gasteiger partial charge in [-0.25, -0.2) is 8.78 Å². The molecule has 1 saturated heterocycles. The van der Waals surface area contributed by atoms with Gasteiger partial charge in [0.25, 0.3) is 0 Å². The molecule has 0 aromatic heterocycles. The van der Waals surface area contributed by atoms with Crippen molar-refractivity contribution in [2.24, 2.45) is 0 Å². The van der Waals surface area contributed by atoms with Crippen LogP contribution in [0.2, 0.25) is 0 Å². The maximum absolute atomic E-state index is 13.2. The summed E-state index contributed by atoms with van der Waals surface area (Å²) in [5.74, 6) is -2.77. The number of phenols is 1. The highest BCUT2D eigenvalue weighted by Gasteiger charge is 2.26. The van der Waals surface area contributed by atoms with Crippen molar-refractivity contribution in [2.45, 2.75) is 31.8 Å². The summed E-state index contributed by atoms with van der Waals surface area (Å²) in [5, 5.41) is 12.3. The molecular formula is C13H17F2NO2. The highest BCUT2D eigenvalue weighted by molar-refractivity contribution is 5.30. The van der Waals surface area contributed by atoms with Crippen molar-refractivity contribution in [2.75, 3.05) is 13.2 Å². The van der Waals surface area contributed by atoms with E-state index in [2.05, 4.69) is 12.2 Å². The lowest BCUT2D eigenvalue weighted by Gasteiger charge is -2.34. The van der Waals surface area contributed by atoms with Crippen molar-refractivity contribution in [3.8, 4) is 5.75 Å². The zero-order valence-electron chi connectivity index (χ0n) is 10.3. The van der Waals surface area contributed by atoms with Crippen molar-refractivity contribution < 1.29 is 18.6 Å². The molecule has 1 aromatic rings. The molecule has 0 radical (unpaired) electrons. The fraction of sp³-hybridized carbons (Fsp3) is 0.538. The predicted octanol–water partition coefficient (Wildman–Crippen LogP) is 2.33. The first-order valence-electron chi connectivity index (χ1n) is 6.00. The third kappa shape index (κ3) is 2.97. The van der Waals surface area contributed by atoms with E-state index in [0.717, 1.165) is 25.0 Å². The van der Waals surface area contributed by atoms with E-state index in [1.807, 2.05) is 0 Å². The smallest absolute Gasteiger partial charge is 0.187 e. The normalized spacial score (nSPS) is 18.8. The first kappa shape index (κ1) is 13.2. The van der Waals surface area contributed by atoms with E-state index >= 15 is 0 Å². The first-order chi connectivity index (χ1) is 8.50. The highest BCUT2D eigenvalue weighted by atomic mass is 19.1. The average Bonchev–Trinajstić information content (AvgIpc) is 2.34. The first-order valence-corrected chi connectivity index (χ1v) is 6.00. The summed E-state index contributed by atoms with van der Waals surface area (Å²) >= 11 is 0. The van der Waals surface area contributed by atoms with Crippen LogP contribution in [0.5, 0.6) is 5.75 Å². The lowest BCUT2D eigenvalue weighted by atomic mass is 9.92. The fourth-order valence-electron chi connectivity index (χ4n) is 2.03. The minimum Gasteiger partial charge on any atom is -0.503 e. The standard InChI is InChI=1S/C13H17F2NO2/c1-13(2-4-18-5-3-13)16-8-9-6-10(14)12(17)11(15)7-9/h6-7,16-17H,2-5,8H2,1H3. The lowest BCUT2D eigenvalue weighted by Crippen LogP contribution is -2.46. The van der Waals surface area contributed by atoms with Crippen LogP contribution in [0.3, 0.4) is 0 Å². The Balaban J connectivity index is 2.01. The van der Waals surface area contributed by atoms with E-state index in [4.69, 9.17) is 9.84 Å². The molecule has 2 rings (SSSR count). The average molecular weight is 257 g/mol. The van der Waals surface area contributed by atoms with E-state index < -0.39 is 17.4 Å². The second kappa shape index (κ2) is 5.20. The van der Waals surface area contributed by atoms with Crippen molar-refractivity contribution in [1.29, 1.82) is 0 Å². The summed E-state index contributed by atoms with van der Waals surface area (Å²) in [5.41, 5.74) is 0.416. The molecule has 100 valence electrons.